The van der Waals surface area contributed by atoms with Gasteiger partial charge in [-0.05, 0) is 37.0 Å². The number of carbonyl (C=O) groups excluding carboxylic acids is 2. The second-order valence-electron chi connectivity index (χ2n) is 7.31. The largest absolute Gasteiger partial charge is 0.342 e. The van der Waals surface area contributed by atoms with Gasteiger partial charge in [0.1, 0.15) is 12.1 Å². The average molecular weight is 280 g/mol. The fourth-order valence-electron chi connectivity index (χ4n) is 3.34. The number of carbonyl (C=O) groups is 2. The van der Waals surface area contributed by atoms with Crippen molar-refractivity contribution in [1.82, 2.24) is 10.2 Å². The SMILES string of the molecule is CCC(CC)N1C(=O)C(C2CC2)NC(=O)C1C(C)(C)C. The lowest BCUT2D eigenvalue weighted by molar-refractivity contribution is -0.158. The Labute approximate surface area is 122 Å². The molecular weight excluding hydrogens is 252 g/mol. The van der Waals surface area contributed by atoms with Gasteiger partial charge in [-0.15, -0.1) is 0 Å². The number of rotatable bonds is 4. The maximum Gasteiger partial charge on any atom is 0.246 e. The molecule has 1 aliphatic heterocycles. The molecule has 0 aromatic heterocycles. The lowest BCUT2D eigenvalue weighted by Gasteiger charge is -2.48. The van der Waals surface area contributed by atoms with Gasteiger partial charge >= 0.3 is 0 Å². The summed E-state index contributed by atoms with van der Waals surface area (Å²) in [6.45, 7) is 10.3. The molecule has 2 unspecified atom stereocenters. The molecule has 0 bridgehead atoms. The standard InChI is InChI=1S/C16H28N2O2/c1-6-11(7-2)18-13(16(3,4)5)14(19)17-12(15(18)20)10-8-9-10/h10-13H,6-9H2,1-5H3,(H,17,19). The first-order chi connectivity index (χ1) is 9.31. The third kappa shape index (κ3) is 2.70. The minimum absolute atomic E-state index is 0.0286. The maximum absolute atomic E-state index is 12.9. The van der Waals surface area contributed by atoms with Gasteiger partial charge in [0, 0.05) is 6.04 Å². The van der Waals surface area contributed by atoms with E-state index in [1.54, 1.807) is 0 Å². The zero-order valence-electron chi connectivity index (χ0n) is 13.4. The van der Waals surface area contributed by atoms with Crippen LogP contribution in [0.15, 0.2) is 0 Å². The average Bonchev–Trinajstić information content (AvgIpc) is 3.16. The Bertz CT molecular complexity index is 392. The summed E-state index contributed by atoms with van der Waals surface area (Å²) in [5.41, 5.74) is -0.239. The van der Waals surface area contributed by atoms with E-state index in [1.165, 1.54) is 0 Å². The Hall–Kier alpha value is -1.06. The summed E-state index contributed by atoms with van der Waals surface area (Å²) in [5, 5.41) is 2.99. The van der Waals surface area contributed by atoms with Crippen LogP contribution >= 0.6 is 0 Å². The Morgan fingerprint density at radius 1 is 1.20 bits per heavy atom. The number of amides is 2. The molecule has 2 fully saturated rings. The second kappa shape index (κ2) is 5.38. The van der Waals surface area contributed by atoms with E-state index >= 15 is 0 Å². The zero-order valence-corrected chi connectivity index (χ0v) is 13.4. The van der Waals surface area contributed by atoms with E-state index in [4.69, 9.17) is 0 Å². The van der Waals surface area contributed by atoms with Gasteiger partial charge in [0.25, 0.3) is 0 Å². The van der Waals surface area contributed by atoms with Crippen molar-refractivity contribution in [3.63, 3.8) is 0 Å². The number of nitrogens with zero attached hydrogens (tertiary/aromatic N) is 1. The highest BCUT2D eigenvalue weighted by Gasteiger charge is 2.51. The molecule has 2 rings (SSSR count). The van der Waals surface area contributed by atoms with Crippen LogP contribution in [-0.2, 0) is 9.59 Å². The lowest BCUT2D eigenvalue weighted by Crippen LogP contribution is -2.69. The second-order valence-corrected chi connectivity index (χ2v) is 7.31. The van der Waals surface area contributed by atoms with Gasteiger partial charge < -0.3 is 10.2 Å². The van der Waals surface area contributed by atoms with Crippen LogP contribution in [0.2, 0.25) is 0 Å². The minimum Gasteiger partial charge on any atom is -0.342 e. The highest BCUT2D eigenvalue weighted by molar-refractivity contribution is 5.98. The molecular formula is C16H28N2O2. The molecule has 20 heavy (non-hydrogen) atoms. The Morgan fingerprint density at radius 3 is 2.15 bits per heavy atom. The molecule has 0 radical (unpaired) electrons. The number of nitrogens with one attached hydrogen (secondary N) is 1. The van der Waals surface area contributed by atoms with E-state index in [0.717, 1.165) is 25.7 Å². The molecule has 2 atom stereocenters. The van der Waals surface area contributed by atoms with Crippen LogP contribution in [0.4, 0.5) is 0 Å². The van der Waals surface area contributed by atoms with Gasteiger partial charge in [-0.25, -0.2) is 0 Å². The van der Waals surface area contributed by atoms with Crippen molar-refractivity contribution in [3.8, 4) is 0 Å². The van der Waals surface area contributed by atoms with E-state index < -0.39 is 0 Å². The van der Waals surface area contributed by atoms with Crippen molar-refractivity contribution in [2.75, 3.05) is 0 Å². The highest BCUT2D eigenvalue weighted by Crippen LogP contribution is 2.38. The van der Waals surface area contributed by atoms with Crippen molar-refractivity contribution < 1.29 is 9.59 Å². The van der Waals surface area contributed by atoms with Crippen LogP contribution in [0.3, 0.4) is 0 Å². The molecule has 1 aliphatic carbocycles. The van der Waals surface area contributed by atoms with Gasteiger partial charge in [0.05, 0.1) is 0 Å². The van der Waals surface area contributed by atoms with Gasteiger partial charge in [-0.3, -0.25) is 9.59 Å². The molecule has 4 heteroatoms. The summed E-state index contributed by atoms with van der Waals surface area (Å²) in [7, 11) is 0. The molecule has 4 nitrogen and oxygen atoms in total. The fraction of sp³-hybridized carbons (Fsp3) is 0.875. The van der Waals surface area contributed by atoms with Crippen molar-refractivity contribution in [3.05, 3.63) is 0 Å². The Balaban J connectivity index is 2.34. The third-order valence-corrected chi connectivity index (χ3v) is 4.59. The van der Waals surface area contributed by atoms with E-state index in [2.05, 4.69) is 19.2 Å². The molecule has 114 valence electrons. The van der Waals surface area contributed by atoms with Crippen LogP contribution in [-0.4, -0.2) is 34.8 Å². The molecule has 2 amide bonds. The normalized spacial score (nSPS) is 28.0. The van der Waals surface area contributed by atoms with E-state index in [0.29, 0.717) is 5.92 Å². The van der Waals surface area contributed by atoms with Crippen molar-refractivity contribution in [1.29, 1.82) is 0 Å². The molecule has 1 saturated carbocycles. The Morgan fingerprint density at radius 2 is 1.75 bits per heavy atom. The van der Waals surface area contributed by atoms with E-state index in [-0.39, 0.29) is 35.4 Å². The topological polar surface area (TPSA) is 49.4 Å². The first-order valence-electron chi connectivity index (χ1n) is 7.93. The number of hydrogen-bond acceptors (Lipinski definition) is 2. The summed E-state index contributed by atoms with van der Waals surface area (Å²) < 4.78 is 0. The monoisotopic (exact) mass is 280 g/mol. The molecule has 2 aliphatic rings. The molecule has 0 aromatic carbocycles. The summed E-state index contributed by atoms with van der Waals surface area (Å²) >= 11 is 0. The van der Waals surface area contributed by atoms with Crippen molar-refractivity contribution in [2.24, 2.45) is 11.3 Å². The van der Waals surface area contributed by atoms with Crippen LogP contribution in [0.5, 0.6) is 0 Å². The molecule has 1 N–H and O–H groups in total. The third-order valence-electron chi connectivity index (χ3n) is 4.59. The summed E-state index contributed by atoms with van der Waals surface area (Å²) in [4.78, 5) is 27.4. The number of piperazine rings is 1. The van der Waals surface area contributed by atoms with Crippen LogP contribution < -0.4 is 5.32 Å². The van der Waals surface area contributed by atoms with Gasteiger partial charge in [0.15, 0.2) is 0 Å². The quantitative estimate of drug-likeness (QED) is 0.859. The summed E-state index contributed by atoms with van der Waals surface area (Å²) in [6.07, 6.45) is 3.93. The summed E-state index contributed by atoms with van der Waals surface area (Å²) in [5.74, 6) is 0.533. The zero-order chi connectivity index (χ0) is 15.1. The van der Waals surface area contributed by atoms with Gasteiger partial charge in [-0.1, -0.05) is 34.6 Å². The van der Waals surface area contributed by atoms with Gasteiger partial charge in [0.2, 0.25) is 11.8 Å². The predicted octanol–water partition coefficient (Wildman–Crippen LogP) is 2.33. The first kappa shape index (κ1) is 15.3. The van der Waals surface area contributed by atoms with Crippen LogP contribution in [0.25, 0.3) is 0 Å². The molecule has 0 aromatic rings. The number of hydrogen-bond donors (Lipinski definition) is 1. The maximum atomic E-state index is 12.9. The van der Waals surface area contributed by atoms with Gasteiger partial charge in [-0.2, -0.15) is 0 Å². The Kier molecular flexibility index (Phi) is 4.12. The van der Waals surface area contributed by atoms with Crippen molar-refractivity contribution in [2.45, 2.75) is 78.4 Å². The minimum atomic E-state index is -0.352. The van der Waals surface area contributed by atoms with Crippen LogP contribution in [0.1, 0.15) is 60.3 Å². The molecule has 1 saturated heterocycles. The molecule has 1 heterocycles. The fourth-order valence-corrected chi connectivity index (χ4v) is 3.34. The van der Waals surface area contributed by atoms with E-state index in [9.17, 15) is 9.59 Å². The van der Waals surface area contributed by atoms with Crippen molar-refractivity contribution >= 4 is 11.8 Å². The predicted molar refractivity (Wildman–Crippen MR) is 79.1 cm³/mol. The first-order valence-corrected chi connectivity index (χ1v) is 7.93. The summed E-state index contributed by atoms with van der Waals surface area (Å²) in [6, 6.07) is -0.462. The van der Waals surface area contributed by atoms with Crippen LogP contribution in [0, 0.1) is 11.3 Å². The highest BCUT2D eigenvalue weighted by atomic mass is 16.2. The van der Waals surface area contributed by atoms with E-state index in [1.807, 2.05) is 25.7 Å². The lowest BCUT2D eigenvalue weighted by atomic mass is 9.81. The molecule has 0 spiro atoms. The smallest absolute Gasteiger partial charge is 0.246 e.